The van der Waals surface area contributed by atoms with Gasteiger partial charge < -0.3 is 14.5 Å². The van der Waals surface area contributed by atoms with Gasteiger partial charge in [0.05, 0.1) is 12.9 Å². The van der Waals surface area contributed by atoms with Crippen LogP contribution in [0.3, 0.4) is 0 Å². The third-order valence-electron chi connectivity index (χ3n) is 2.58. The van der Waals surface area contributed by atoms with Gasteiger partial charge in [0.1, 0.15) is 0 Å². The second-order valence-corrected chi connectivity index (χ2v) is 4.02. The number of methoxy groups -OCH3 is 1. The highest BCUT2D eigenvalue weighted by molar-refractivity contribution is 5.51. The first kappa shape index (κ1) is 12.7. The van der Waals surface area contributed by atoms with E-state index in [1.807, 2.05) is 25.4 Å². The number of hydrogen-bond acceptors (Lipinski definition) is 5. The summed E-state index contributed by atoms with van der Waals surface area (Å²) in [5.74, 6) is 1.35. The van der Waals surface area contributed by atoms with Crippen LogP contribution in [0, 0.1) is 6.92 Å². The summed E-state index contributed by atoms with van der Waals surface area (Å²) >= 11 is 0. The van der Waals surface area contributed by atoms with Crippen LogP contribution in [0.1, 0.15) is 11.1 Å². The first-order chi connectivity index (χ1) is 8.81. The fraction of sp³-hybridized carbons (Fsp3) is 0.385. The number of nitrogens with one attached hydrogen (secondary N) is 1. The normalized spacial score (nSPS) is 10.8. The van der Waals surface area contributed by atoms with Crippen molar-refractivity contribution in [2.75, 3.05) is 20.3 Å². The van der Waals surface area contributed by atoms with Crippen LogP contribution in [-0.4, -0.2) is 30.2 Å². The van der Waals surface area contributed by atoms with Gasteiger partial charge in [0.15, 0.2) is 11.6 Å². The summed E-state index contributed by atoms with van der Waals surface area (Å²) in [7, 11) is 1.69. The SMILES string of the molecule is COCCNCc1cnc(-c2occc2C)nc1. The molecule has 2 heterocycles. The lowest BCUT2D eigenvalue weighted by atomic mass is 10.2. The number of aryl methyl sites for hydroxylation is 1. The molecule has 0 aliphatic heterocycles. The minimum absolute atomic E-state index is 0.623. The molecule has 0 spiro atoms. The fourth-order valence-corrected chi connectivity index (χ4v) is 1.57. The van der Waals surface area contributed by atoms with Gasteiger partial charge in [0.25, 0.3) is 0 Å². The third kappa shape index (κ3) is 3.15. The van der Waals surface area contributed by atoms with Crippen molar-refractivity contribution in [1.82, 2.24) is 15.3 Å². The van der Waals surface area contributed by atoms with Crippen LogP contribution in [0.15, 0.2) is 29.1 Å². The number of aromatic nitrogens is 2. The molecule has 96 valence electrons. The Labute approximate surface area is 106 Å². The molecule has 18 heavy (non-hydrogen) atoms. The smallest absolute Gasteiger partial charge is 0.195 e. The van der Waals surface area contributed by atoms with E-state index in [4.69, 9.17) is 9.15 Å². The lowest BCUT2D eigenvalue weighted by molar-refractivity contribution is 0.199. The molecular weight excluding hydrogens is 230 g/mol. The summed E-state index contributed by atoms with van der Waals surface area (Å²) < 4.78 is 10.3. The van der Waals surface area contributed by atoms with E-state index in [-0.39, 0.29) is 0 Å². The number of nitrogens with zero attached hydrogens (tertiary/aromatic N) is 2. The molecule has 0 aromatic carbocycles. The average Bonchev–Trinajstić information content (AvgIpc) is 2.82. The van der Waals surface area contributed by atoms with Crippen LogP contribution in [0.4, 0.5) is 0 Å². The summed E-state index contributed by atoms with van der Waals surface area (Å²) in [6, 6.07) is 1.90. The second kappa shape index (κ2) is 6.28. The highest BCUT2D eigenvalue weighted by Gasteiger charge is 2.07. The molecule has 5 nitrogen and oxygen atoms in total. The molecule has 0 radical (unpaired) electrons. The van der Waals surface area contributed by atoms with Crippen molar-refractivity contribution in [2.45, 2.75) is 13.5 Å². The maximum atomic E-state index is 5.35. The first-order valence-corrected chi connectivity index (χ1v) is 5.86. The molecule has 0 amide bonds. The highest BCUT2D eigenvalue weighted by atomic mass is 16.5. The average molecular weight is 247 g/mol. The summed E-state index contributed by atoms with van der Waals surface area (Å²) in [6.07, 6.45) is 5.27. The zero-order chi connectivity index (χ0) is 12.8. The van der Waals surface area contributed by atoms with Gasteiger partial charge >= 0.3 is 0 Å². The van der Waals surface area contributed by atoms with E-state index >= 15 is 0 Å². The lowest BCUT2D eigenvalue weighted by Crippen LogP contribution is -2.18. The molecule has 0 saturated heterocycles. The first-order valence-electron chi connectivity index (χ1n) is 5.86. The van der Waals surface area contributed by atoms with Gasteiger partial charge in [0.2, 0.25) is 0 Å². The Morgan fingerprint density at radius 3 is 2.72 bits per heavy atom. The van der Waals surface area contributed by atoms with Crippen LogP contribution >= 0.6 is 0 Å². The zero-order valence-electron chi connectivity index (χ0n) is 10.6. The van der Waals surface area contributed by atoms with E-state index in [0.717, 1.165) is 30.0 Å². The molecule has 0 aliphatic carbocycles. The summed E-state index contributed by atoms with van der Waals surface area (Å²) in [5.41, 5.74) is 2.08. The van der Waals surface area contributed by atoms with Crippen molar-refractivity contribution < 1.29 is 9.15 Å². The fourth-order valence-electron chi connectivity index (χ4n) is 1.57. The number of furan rings is 1. The van der Waals surface area contributed by atoms with Gasteiger partial charge in [-0.05, 0) is 18.6 Å². The molecule has 2 rings (SSSR count). The molecule has 0 atom stereocenters. The summed E-state index contributed by atoms with van der Waals surface area (Å²) in [6.45, 7) is 4.23. The largest absolute Gasteiger partial charge is 0.461 e. The van der Waals surface area contributed by atoms with Gasteiger partial charge in [-0.2, -0.15) is 0 Å². The molecule has 0 aliphatic rings. The minimum atomic E-state index is 0.623. The van der Waals surface area contributed by atoms with E-state index in [2.05, 4.69) is 15.3 Å². The van der Waals surface area contributed by atoms with Gasteiger partial charge in [-0.3, -0.25) is 0 Å². The number of rotatable bonds is 6. The molecule has 2 aromatic rings. The molecule has 1 N–H and O–H groups in total. The maximum Gasteiger partial charge on any atom is 0.195 e. The van der Waals surface area contributed by atoms with Crippen LogP contribution in [0.25, 0.3) is 11.6 Å². The second-order valence-electron chi connectivity index (χ2n) is 4.02. The Bertz CT molecular complexity index is 479. The Balaban J connectivity index is 1.96. The minimum Gasteiger partial charge on any atom is -0.461 e. The van der Waals surface area contributed by atoms with Crippen LogP contribution in [0.5, 0.6) is 0 Å². The quantitative estimate of drug-likeness (QED) is 0.788. The Morgan fingerprint density at radius 1 is 1.33 bits per heavy atom. The molecular formula is C13H17N3O2. The summed E-state index contributed by atoms with van der Waals surface area (Å²) in [4.78, 5) is 8.61. The predicted octanol–water partition coefficient (Wildman–Crippen LogP) is 1.78. The number of hydrogen-bond donors (Lipinski definition) is 1. The van der Waals surface area contributed by atoms with Gasteiger partial charge in [-0.25, -0.2) is 9.97 Å². The topological polar surface area (TPSA) is 60.2 Å². The predicted molar refractivity (Wildman–Crippen MR) is 68.1 cm³/mol. The van der Waals surface area contributed by atoms with E-state index < -0.39 is 0 Å². The van der Waals surface area contributed by atoms with Crippen molar-refractivity contribution >= 4 is 0 Å². The van der Waals surface area contributed by atoms with Gasteiger partial charge in [-0.1, -0.05) is 0 Å². The standard InChI is InChI=1S/C13H17N3O2/c1-10-3-5-18-12(10)13-15-8-11(9-16-13)7-14-4-6-17-2/h3,5,8-9,14H,4,6-7H2,1-2H3. The Morgan fingerprint density at radius 2 is 2.11 bits per heavy atom. The monoisotopic (exact) mass is 247 g/mol. The zero-order valence-corrected chi connectivity index (χ0v) is 10.6. The summed E-state index contributed by atoms with van der Waals surface area (Å²) in [5, 5.41) is 3.24. The van der Waals surface area contributed by atoms with Crippen molar-refractivity contribution in [1.29, 1.82) is 0 Å². The van der Waals surface area contributed by atoms with E-state index in [1.165, 1.54) is 0 Å². The van der Waals surface area contributed by atoms with Crippen molar-refractivity contribution in [3.05, 3.63) is 35.9 Å². The molecule has 0 saturated carbocycles. The van der Waals surface area contributed by atoms with Crippen molar-refractivity contribution in [2.24, 2.45) is 0 Å². The molecule has 0 fully saturated rings. The van der Waals surface area contributed by atoms with Crippen LogP contribution < -0.4 is 5.32 Å². The molecule has 0 bridgehead atoms. The Hall–Kier alpha value is -1.72. The van der Waals surface area contributed by atoms with Crippen LogP contribution in [0.2, 0.25) is 0 Å². The van der Waals surface area contributed by atoms with Crippen LogP contribution in [-0.2, 0) is 11.3 Å². The number of ether oxygens (including phenoxy) is 1. The molecule has 0 unspecified atom stereocenters. The van der Waals surface area contributed by atoms with E-state index in [0.29, 0.717) is 12.4 Å². The van der Waals surface area contributed by atoms with E-state index in [1.54, 1.807) is 13.4 Å². The lowest BCUT2D eigenvalue weighted by Gasteiger charge is -2.04. The van der Waals surface area contributed by atoms with Crippen molar-refractivity contribution in [3.63, 3.8) is 0 Å². The van der Waals surface area contributed by atoms with E-state index in [9.17, 15) is 0 Å². The molecule has 5 heteroatoms. The van der Waals surface area contributed by atoms with Crippen molar-refractivity contribution in [3.8, 4) is 11.6 Å². The third-order valence-corrected chi connectivity index (χ3v) is 2.58. The Kier molecular flexibility index (Phi) is 4.44. The highest BCUT2D eigenvalue weighted by Crippen LogP contribution is 2.19. The maximum absolute atomic E-state index is 5.35. The van der Waals surface area contributed by atoms with Gasteiger partial charge in [0, 0.05) is 38.2 Å². The van der Waals surface area contributed by atoms with Gasteiger partial charge in [-0.15, -0.1) is 0 Å². The molecule has 2 aromatic heterocycles.